The maximum absolute atomic E-state index is 12.3. The lowest BCUT2D eigenvalue weighted by molar-refractivity contribution is -0.114. The average molecular weight is 367 g/mol. The van der Waals surface area contributed by atoms with Gasteiger partial charge in [0.1, 0.15) is 5.04 Å². The van der Waals surface area contributed by atoms with Crippen LogP contribution in [0.15, 0.2) is 70.3 Å². The molecule has 2 aliphatic rings. The summed E-state index contributed by atoms with van der Waals surface area (Å²) in [6.07, 6.45) is 1.63. The van der Waals surface area contributed by atoms with Crippen LogP contribution in [0.25, 0.3) is 6.08 Å². The largest absolute Gasteiger partial charge is 0.283 e. The molecule has 2 aromatic carbocycles. The minimum atomic E-state index is -0.441. The Hall–Kier alpha value is -2.70. The molecule has 0 aliphatic carbocycles. The lowest BCUT2D eigenvalue weighted by Crippen LogP contribution is -2.35. The molecule has 2 aromatic rings. The third-order valence-electron chi connectivity index (χ3n) is 3.66. The maximum atomic E-state index is 12.3. The molecule has 0 saturated heterocycles. The molecule has 2 heterocycles. The average Bonchev–Trinajstić information content (AvgIpc) is 3.05. The quantitative estimate of drug-likeness (QED) is 0.816. The first-order valence-corrected chi connectivity index (χ1v) is 8.62. The van der Waals surface area contributed by atoms with Crippen molar-refractivity contribution in [2.24, 2.45) is 10.1 Å². The van der Waals surface area contributed by atoms with Gasteiger partial charge in [-0.25, -0.2) is 0 Å². The van der Waals surface area contributed by atoms with Gasteiger partial charge in [0.25, 0.3) is 5.91 Å². The Balaban J connectivity index is 1.69. The zero-order chi connectivity index (χ0) is 17.4. The molecule has 1 amide bonds. The fourth-order valence-corrected chi connectivity index (χ4v) is 3.44. The van der Waals surface area contributed by atoms with Gasteiger partial charge in [-0.15, -0.1) is 0 Å². The monoisotopic (exact) mass is 366 g/mol. The second kappa shape index (κ2) is 6.31. The number of amidine groups is 2. The summed E-state index contributed by atoms with van der Waals surface area (Å²) in [7, 11) is 0. The number of carbonyl (C=O) groups is 1. The summed E-state index contributed by atoms with van der Waals surface area (Å²) in [5, 5.41) is 15.9. The Morgan fingerprint density at radius 2 is 1.80 bits per heavy atom. The Labute approximate surface area is 153 Å². The maximum Gasteiger partial charge on any atom is 0.283 e. The van der Waals surface area contributed by atoms with Gasteiger partial charge in [-0.3, -0.25) is 10.2 Å². The number of hydrazone groups is 1. The summed E-state index contributed by atoms with van der Waals surface area (Å²) < 4.78 is 0. The molecule has 0 aromatic heterocycles. The number of hydrogen-bond donors (Lipinski definition) is 1. The fourth-order valence-electron chi connectivity index (χ4n) is 2.42. The summed E-state index contributed by atoms with van der Waals surface area (Å²) in [5.74, 6) is -0.424. The van der Waals surface area contributed by atoms with Gasteiger partial charge >= 0.3 is 0 Å². The third kappa shape index (κ3) is 3.01. The predicted octanol–water partition coefficient (Wildman–Crippen LogP) is 4.01. The zero-order valence-corrected chi connectivity index (χ0v) is 14.4. The lowest BCUT2D eigenvalue weighted by atomic mass is 10.1. The number of carbonyl (C=O) groups excluding carboxylic acids is 1. The van der Waals surface area contributed by atoms with E-state index in [9.17, 15) is 4.79 Å². The van der Waals surface area contributed by atoms with Crippen LogP contribution in [-0.4, -0.2) is 27.0 Å². The van der Waals surface area contributed by atoms with Gasteiger partial charge in [-0.2, -0.15) is 15.1 Å². The van der Waals surface area contributed by atoms with Crippen molar-refractivity contribution in [1.82, 2.24) is 5.01 Å². The third-order valence-corrected chi connectivity index (χ3v) is 4.87. The van der Waals surface area contributed by atoms with Crippen molar-refractivity contribution < 1.29 is 4.79 Å². The van der Waals surface area contributed by atoms with Crippen LogP contribution in [0.3, 0.4) is 0 Å². The number of hydrogen-bond acceptors (Lipinski definition) is 4. The van der Waals surface area contributed by atoms with E-state index in [1.807, 2.05) is 30.3 Å². The molecule has 0 unspecified atom stereocenters. The summed E-state index contributed by atoms with van der Waals surface area (Å²) in [4.78, 5) is 16.4. The highest BCUT2D eigenvalue weighted by atomic mass is 35.5. The van der Waals surface area contributed by atoms with E-state index >= 15 is 0 Å². The standard InChI is InChI=1S/C18H11ClN4OS/c19-13-8-6-11(7-9-13)10-14-15(20)23-18(21-16(14)24)25-17(22-23)12-4-2-1-3-5-12/h1-10,20H. The number of fused-ring (bicyclic) bond motifs is 1. The highest BCUT2D eigenvalue weighted by Gasteiger charge is 2.35. The highest BCUT2D eigenvalue weighted by Crippen LogP contribution is 2.30. The molecule has 2 aliphatic heterocycles. The number of aliphatic imine (C=N–C) groups is 1. The number of thioether (sulfide) groups is 1. The molecule has 0 atom stereocenters. The van der Waals surface area contributed by atoms with Crippen LogP contribution in [0.4, 0.5) is 0 Å². The molecule has 0 fully saturated rings. The van der Waals surface area contributed by atoms with Crippen molar-refractivity contribution in [3.8, 4) is 0 Å². The zero-order valence-electron chi connectivity index (χ0n) is 12.8. The lowest BCUT2D eigenvalue weighted by Gasteiger charge is -2.20. The van der Waals surface area contributed by atoms with Gasteiger partial charge in [-0.1, -0.05) is 54.1 Å². The van der Waals surface area contributed by atoms with Crippen molar-refractivity contribution in [2.45, 2.75) is 0 Å². The first-order chi connectivity index (χ1) is 12.1. The molecule has 0 spiro atoms. The van der Waals surface area contributed by atoms with E-state index in [2.05, 4.69) is 10.1 Å². The number of amides is 1. The van der Waals surface area contributed by atoms with Crippen molar-refractivity contribution in [1.29, 1.82) is 5.41 Å². The van der Waals surface area contributed by atoms with Crippen molar-refractivity contribution >= 4 is 51.4 Å². The van der Waals surface area contributed by atoms with Gasteiger partial charge in [0.2, 0.25) is 5.17 Å². The predicted molar refractivity (Wildman–Crippen MR) is 102 cm³/mol. The van der Waals surface area contributed by atoms with Gasteiger partial charge in [0.05, 0.1) is 5.57 Å². The minimum absolute atomic E-state index is 0.0170. The van der Waals surface area contributed by atoms with Crippen molar-refractivity contribution in [3.63, 3.8) is 0 Å². The molecule has 0 radical (unpaired) electrons. The first-order valence-electron chi connectivity index (χ1n) is 7.43. The smallest absolute Gasteiger partial charge is 0.282 e. The van der Waals surface area contributed by atoms with Crippen LogP contribution in [-0.2, 0) is 4.79 Å². The Morgan fingerprint density at radius 3 is 2.52 bits per heavy atom. The first kappa shape index (κ1) is 15.8. The molecule has 1 N–H and O–H groups in total. The van der Waals surface area contributed by atoms with E-state index in [1.54, 1.807) is 30.3 Å². The summed E-state index contributed by atoms with van der Waals surface area (Å²) in [6, 6.07) is 16.7. The van der Waals surface area contributed by atoms with E-state index in [4.69, 9.17) is 17.0 Å². The number of rotatable bonds is 2. The molecule has 0 saturated carbocycles. The molecule has 7 heteroatoms. The number of halogens is 1. The highest BCUT2D eigenvalue weighted by molar-refractivity contribution is 8.27. The topological polar surface area (TPSA) is 68.9 Å². The second-order valence-electron chi connectivity index (χ2n) is 5.34. The van der Waals surface area contributed by atoms with E-state index in [1.165, 1.54) is 16.8 Å². The van der Waals surface area contributed by atoms with E-state index in [0.717, 1.165) is 11.1 Å². The van der Waals surface area contributed by atoms with Crippen molar-refractivity contribution in [3.05, 3.63) is 76.3 Å². The van der Waals surface area contributed by atoms with Gasteiger partial charge in [-0.05, 0) is 35.5 Å². The molecule has 5 nitrogen and oxygen atoms in total. The van der Waals surface area contributed by atoms with Crippen molar-refractivity contribution in [2.75, 3.05) is 0 Å². The molecule has 25 heavy (non-hydrogen) atoms. The van der Waals surface area contributed by atoms with Gasteiger partial charge < -0.3 is 0 Å². The van der Waals surface area contributed by atoms with Gasteiger partial charge in [0.15, 0.2) is 5.84 Å². The Morgan fingerprint density at radius 1 is 1.08 bits per heavy atom. The SMILES string of the molecule is N=C1C(=Cc2ccc(Cl)cc2)C(=O)N=C2SC(c3ccccc3)=NN12. The Bertz CT molecular complexity index is 964. The number of benzene rings is 2. The summed E-state index contributed by atoms with van der Waals surface area (Å²) in [5.41, 5.74) is 1.90. The summed E-state index contributed by atoms with van der Waals surface area (Å²) >= 11 is 7.16. The molecular weight excluding hydrogens is 356 g/mol. The van der Waals surface area contributed by atoms with Crippen LogP contribution in [0.1, 0.15) is 11.1 Å². The summed E-state index contributed by atoms with van der Waals surface area (Å²) in [6.45, 7) is 0. The molecule has 0 bridgehead atoms. The van der Waals surface area contributed by atoms with Crippen LogP contribution >= 0.6 is 23.4 Å². The van der Waals surface area contributed by atoms with E-state index in [0.29, 0.717) is 15.2 Å². The van der Waals surface area contributed by atoms with E-state index in [-0.39, 0.29) is 11.4 Å². The second-order valence-corrected chi connectivity index (χ2v) is 6.74. The fraction of sp³-hybridized carbons (Fsp3) is 0. The molecule has 4 rings (SSSR count). The van der Waals surface area contributed by atoms with Crippen LogP contribution in [0.5, 0.6) is 0 Å². The van der Waals surface area contributed by atoms with Crippen LogP contribution in [0, 0.1) is 5.41 Å². The van der Waals surface area contributed by atoms with Gasteiger partial charge in [0, 0.05) is 10.6 Å². The number of nitrogens with zero attached hydrogens (tertiary/aromatic N) is 3. The van der Waals surface area contributed by atoms with Crippen LogP contribution < -0.4 is 0 Å². The Kier molecular flexibility index (Phi) is 3.99. The van der Waals surface area contributed by atoms with E-state index < -0.39 is 5.91 Å². The minimum Gasteiger partial charge on any atom is -0.282 e. The number of nitrogens with one attached hydrogen (secondary N) is 1. The molecule has 122 valence electrons. The normalized spacial score (nSPS) is 18.3. The molecular formula is C18H11ClN4OS. The van der Waals surface area contributed by atoms with Crippen LogP contribution in [0.2, 0.25) is 5.02 Å².